The highest BCUT2D eigenvalue weighted by Crippen LogP contribution is 2.40. The molecule has 0 bridgehead atoms. The van der Waals surface area contributed by atoms with Crippen molar-refractivity contribution in [3.05, 3.63) is 47.8 Å². The molecule has 0 amide bonds. The summed E-state index contributed by atoms with van der Waals surface area (Å²) in [5.74, 6) is 0.409. The number of halogens is 3. The van der Waals surface area contributed by atoms with Crippen molar-refractivity contribution in [2.24, 2.45) is 0 Å². The molecule has 10 heteroatoms. The maximum atomic E-state index is 13.3. The van der Waals surface area contributed by atoms with E-state index < -0.39 is 12.0 Å². The average molecular weight is 491 g/mol. The first-order valence-electron chi connectivity index (χ1n) is 11.9. The van der Waals surface area contributed by atoms with Gasteiger partial charge in [0.25, 0.3) is 0 Å². The lowest BCUT2D eigenvalue weighted by Gasteiger charge is -2.44. The standard InChI is InChI=1S/C25H29F3N4O3/c1-3-15-13-32(10-11-34-15)20-14-35-21-12-16(33-4-2)8-9-17(21)22(20)29-18-6-5-7-19-23(18)31-24(30-19)25(26,27)28/h5-9,12,15,20,22,29H,3-4,10-11,13-14H2,1-2H3,(H,30,31). The Kier molecular flexibility index (Phi) is 6.50. The van der Waals surface area contributed by atoms with Crippen LogP contribution in [0.15, 0.2) is 36.4 Å². The third-order valence-corrected chi connectivity index (χ3v) is 6.61. The maximum Gasteiger partial charge on any atom is 0.449 e. The minimum absolute atomic E-state index is 0.0466. The summed E-state index contributed by atoms with van der Waals surface area (Å²) < 4.78 is 57.7. The van der Waals surface area contributed by atoms with Crippen molar-refractivity contribution < 1.29 is 27.4 Å². The van der Waals surface area contributed by atoms with Gasteiger partial charge in [-0.3, -0.25) is 4.90 Å². The molecule has 35 heavy (non-hydrogen) atoms. The fourth-order valence-electron chi connectivity index (χ4n) is 4.86. The Morgan fingerprint density at radius 1 is 1.23 bits per heavy atom. The third-order valence-electron chi connectivity index (χ3n) is 6.61. The Hall–Kier alpha value is -2.98. The summed E-state index contributed by atoms with van der Waals surface area (Å²) in [7, 11) is 0. The van der Waals surface area contributed by atoms with Crippen molar-refractivity contribution in [2.75, 3.05) is 38.2 Å². The zero-order valence-electron chi connectivity index (χ0n) is 19.7. The molecule has 2 aromatic carbocycles. The molecule has 5 rings (SSSR count). The number of benzene rings is 2. The summed E-state index contributed by atoms with van der Waals surface area (Å²) in [6.07, 6.45) is -3.51. The monoisotopic (exact) mass is 490 g/mol. The summed E-state index contributed by atoms with van der Waals surface area (Å²) in [6.45, 7) is 7.13. The summed E-state index contributed by atoms with van der Waals surface area (Å²) in [5.41, 5.74) is 2.04. The van der Waals surface area contributed by atoms with Gasteiger partial charge in [0.15, 0.2) is 0 Å². The van der Waals surface area contributed by atoms with Crippen LogP contribution in [0.1, 0.15) is 37.7 Å². The van der Waals surface area contributed by atoms with Gasteiger partial charge in [-0.2, -0.15) is 13.2 Å². The van der Waals surface area contributed by atoms with E-state index >= 15 is 0 Å². The zero-order valence-corrected chi connectivity index (χ0v) is 19.7. The predicted octanol–water partition coefficient (Wildman–Crippen LogP) is 5.01. The number of rotatable bonds is 6. The molecule has 1 aromatic heterocycles. The maximum absolute atomic E-state index is 13.3. The van der Waals surface area contributed by atoms with Gasteiger partial charge < -0.3 is 24.5 Å². The van der Waals surface area contributed by atoms with E-state index in [0.29, 0.717) is 42.5 Å². The lowest BCUT2D eigenvalue weighted by Crippen LogP contribution is -2.54. The van der Waals surface area contributed by atoms with Crippen LogP contribution in [0.25, 0.3) is 11.0 Å². The van der Waals surface area contributed by atoms with E-state index in [9.17, 15) is 13.2 Å². The Balaban J connectivity index is 1.53. The molecule has 3 atom stereocenters. The van der Waals surface area contributed by atoms with Crippen molar-refractivity contribution in [2.45, 2.75) is 44.6 Å². The molecule has 1 fully saturated rings. The Bertz CT molecular complexity index is 1180. The highest BCUT2D eigenvalue weighted by Gasteiger charge is 2.39. The van der Waals surface area contributed by atoms with Gasteiger partial charge in [0.1, 0.15) is 23.6 Å². The number of imidazole rings is 1. The molecular weight excluding hydrogens is 461 g/mol. The molecule has 7 nitrogen and oxygen atoms in total. The van der Waals surface area contributed by atoms with Crippen molar-refractivity contribution in [3.8, 4) is 11.5 Å². The van der Waals surface area contributed by atoms with Gasteiger partial charge >= 0.3 is 6.18 Å². The fraction of sp³-hybridized carbons (Fsp3) is 0.480. The smallest absolute Gasteiger partial charge is 0.449 e. The number of hydrogen-bond acceptors (Lipinski definition) is 6. The summed E-state index contributed by atoms with van der Waals surface area (Å²) in [4.78, 5) is 8.62. The summed E-state index contributed by atoms with van der Waals surface area (Å²) >= 11 is 0. The third kappa shape index (κ3) is 4.77. The lowest BCUT2D eigenvalue weighted by molar-refractivity contribution is -0.144. The zero-order chi connectivity index (χ0) is 24.6. The van der Waals surface area contributed by atoms with Gasteiger partial charge in [0.05, 0.1) is 42.6 Å². The number of nitrogens with zero attached hydrogens (tertiary/aromatic N) is 2. The van der Waals surface area contributed by atoms with Crippen molar-refractivity contribution in [1.82, 2.24) is 14.9 Å². The van der Waals surface area contributed by atoms with Gasteiger partial charge in [-0.1, -0.05) is 13.0 Å². The van der Waals surface area contributed by atoms with E-state index in [1.807, 2.05) is 25.1 Å². The molecule has 3 unspecified atom stereocenters. The van der Waals surface area contributed by atoms with Crippen LogP contribution in [0.3, 0.4) is 0 Å². The Labute approximate surface area is 201 Å². The first-order valence-corrected chi connectivity index (χ1v) is 11.9. The average Bonchev–Trinajstić information content (AvgIpc) is 3.31. The summed E-state index contributed by atoms with van der Waals surface area (Å²) in [5, 5.41) is 3.52. The molecule has 2 aliphatic heterocycles. The van der Waals surface area contributed by atoms with Gasteiger partial charge in [-0.15, -0.1) is 0 Å². The van der Waals surface area contributed by atoms with Crippen molar-refractivity contribution in [1.29, 1.82) is 0 Å². The number of anilines is 1. The fourth-order valence-corrected chi connectivity index (χ4v) is 4.86. The second-order valence-corrected chi connectivity index (χ2v) is 8.81. The number of fused-ring (bicyclic) bond motifs is 2. The number of para-hydroxylation sites is 1. The second-order valence-electron chi connectivity index (χ2n) is 8.81. The molecule has 3 heterocycles. The summed E-state index contributed by atoms with van der Waals surface area (Å²) in [6, 6.07) is 10.5. The predicted molar refractivity (Wildman–Crippen MR) is 126 cm³/mol. The van der Waals surface area contributed by atoms with E-state index in [-0.39, 0.29) is 23.7 Å². The SMILES string of the molecule is CCOc1ccc2c(c1)OCC(N1CCOC(CC)C1)C2Nc1cccc2[nH]c(C(F)(F)F)nc12. The van der Waals surface area contributed by atoms with Gasteiger partial charge in [-0.25, -0.2) is 4.98 Å². The molecule has 2 aliphatic rings. The van der Waals surface area contributed by atoms with Crippen LogP contribution < -0.4 is 14.8 Å². The van der Waals surface area contributed by atoms with Crippen LogP contribution in [0, 0.1) is 0 Å². The van der Waals surface area contributed by atoms with Crippen molar-refractivity contribution in [3.63, 3.8) is 0 Å². The molecule has 188 valence electrons. The molecule has 0 spiro atoms. The van der Waals surface area contributed by atoms with E-state index in [1.54, 1.807) is 18.2 Å². The molecular formula is C25H29F3N4O3. The van der Waals surface area contributed by atoms with Crippen LogP contribution in [-0.2, 0) is 10.9 Å². The van der Waals surface area contributed by atoms with Gasteiger partial charge in [-0.05, 0) is 37.6 Å². The van der Waals surface area contributed by atoms with Crippen LogP contribution in [0.4, 0.5) is 18.9 Å². The van der Waals surface area contributed by atoms with Crippen molar-refractivity contribution >= 4 is 16.7 Å². The van der Waals surface area contributed by atoms with Crippen LogP contribution in [-0.4, -0.2) is 59.9 Å². The van der Waals surface area contributed by atoms with Crippen LogP contribution in [0.5, 0.6) is 11.5 Å². The molecule has 2 N–H and O–H groups in total. The lowest BCUT2D eigenvalue weighted by atomic mass is 9.93. The van der Waals surface area contributed by atoms with Crippen LogP contribution in [0.2, 0.25) is 0 Å². The van der Waals surface area contributed by atoms with E-state index in [0.717, 1.165) is 25.1 Å². The number of aromatic amines is 1. The van der Waals surface area contributed by atoms with E-state index in [1.165, 1.54) is 0 Å². The second kappa shape index (κ2) is 9.58. The van der Waals surface area contributed by atoms with Crippen LogP contribution >= 0.6 is 0 Å². The number of nitrogens with one attached hydrogen (secondary N) is 2. The highest BCUT2D eigenvalue weighted by molar-refractivity contribution is 5.88. The topological polar surface area (TPSA) is 71.6 Å². The molecule has 0 aliphatic carbocycles. The number of morpholine rings is 1. The number of aromatic nitrogens is 2. The van der Waals surface area contributed by atoms with Gasteiger partial charge in [0, 0.05) is 24.7 Å². The van der Waals surface area contributed by atoms with Gasteiger partial charge in [0.2, 0.25) is 5.82 Å². The highest BCUT2D eigenvalue weighted by atomic mass is 19.4. The minimum Gasteiger partial charge on any atom is -0.494 e. The largest absolute Gasteiger partial charge is 0.494 e. The molecule has 3 aromatic rings. The van der Waals surface area contributed by atoms with E-state index in [4.69, 9.17) is 14.2 Å². The molecule has 0 radical (unpaired) electrons. The Morgan fingerprint density at radius 3 is 2.86 bits per heavy atom. The number of H-pyrrole nitrogens is 1. The quantitative estimate of drug-likeness (QED) is 0.507. The number of hydrogen-bond donors (Lipinski definition) is 2. The number of ether oxygens (including phenoxy) is 3. The normalized spacial score (nSPS) is 23.1. The molecule has 1 saturated heterocycles. The van der Waals surface area contributed by atoms with E-state index in [2.05, 4.69) is 27.1 Å². The minimum atomic E-state index is -4.55. The Morgan fingerprint density at radius 2 is 2.09 bits per heavy atom. The first-order chi connectivity index (χ1) is 16.9. The first kappa shape index (κ1) is 23.7. The number of alkyl halides is 3. The molecule has 0 saturated carbocycles.